The number of nitrogens with zero attached hydrogens (tertiary/aromatic N) is 3. The van der Waals surface area contributed by atoms with E-state index >= 15 is 0 Å². The molecule has 6 nitrogen and oxygen atoms in total. The Labute approximate surface area is 121 Å². The minimum atomic E-state index is -3.47. The molecule has 0 unspecified atom stereocenters. The maximum atomic E-state index is 13.0. The topological polar surface area (TPSA) is 67.2 Å². The first-order valence-electron chi connectivity index (χ1n) is 7.12. The van der Waals surface area contributed by atoms with E-state index in [0.717, 1.165) is 25.9 Å². The molecule has 0 radical (unpaired) electrons. The van der Waals surface area contributed by atoms with Gasteiger partial charge in [0.25, 0.3) is 0 Å². The second-order valence-electron chi connectivity index (χ2n) is 5.31. The molecule has 7 heteroatoms. The highest BCUT2D eigenvalue weighted by atomic mass is 32.2. The molecule has 1 saturated heterocycles. The van der Waals surface area contributed by atoms with E-state index in [4.69, 9.17) is 0 Å². The van der Waals surface area contributed by atoms with Gasteiger partial charge in [0.1, 0.15) is 4.90 Å². The van der Waals surface area contributed by atoms with Crippen LogP contribution in [0, 0.1) is 13.8 Å². The van der Waals surface area contributed by atoms with E-state index in [1.54, 1.807) is 23.0 Å². The molecule has 114 valence electrons. The predicted molar refractivity (Wildman–Crippen MR) is 78.1 cm³/mol. The maximum absolute atomic E-state index is 13.0. The average Bonchev–Trinajstić information content (AvgIpc) is 2.65. The zero-order valence-corrected chi connectivity index (χ0v) is 13.5. The summed E-state index contributed by atoms with van der Waals surface area (Å²) in [6.45, 7) is 7.73. The van der Waals surface area contributed by atoms with Crippen LogP contribution in [-0.2, 0) is 17.1 Å². The lowest BCUT2D eigenvalue weighted by molar-refractivity contribution is 0.270. The molecule has 0 bridgehead atoms. The molecule has 1 aliphatic heterocycles. The lowest BCUT2D eigenvalue weighted by atomic mass is 10.1. The molecule has 1 aromatic heterocycles. The van der Waals surface area contributed by atoms with Gasteiger partial charge in [-0.05, 0) is 39.8 Å². The smallest absolute Gasteiger partial charge is 0.246 e. The van der Waals surface area contributed by atoms with E-state index in [-0.39, 0.29) is 6.04 Å². The van der Waals surface area contributed by atoms with E-state index in [1.165, 1.54) is 0 Å². The van der Waals surface area contributed by atoms with Gasteiger partial charge in [-0.15, -0.1) is 0 Å². The summed E-state index contributed by atoms with van der Waals surface area (Å²) in [5.41, 5.74) is 1.28. The zero-order chi connectivity index (χ0) is 14.9. The summed E-state index contributed by atoms with van der Waals surface area (Å²) >= 11 is 0. The molecule has 1 aromatic rings. The minimum Gasteiger partial charge on any atom is -0.317 e. The summed E-state index contributed by atoms with van der Waals surface area (Å²) < 4.78 is 29.2. The molecule has 0 amide bonds. The van der Waals surface area contributed by atoms with Crippen LogP contribution >= 0.6 is 0 Å². The van der Waals surface area contributed by atoms with Crippen LogP contribution < -0.4 is 5.32 Å². The number of aromatic nitrogens is 2. The fraction of sp³-hybridized carbons (Fsp3) is 0.769. The highest BCUT2D eigenvalue weighted by Gasteiger charge is 2.34. The van der Waals surface area contributed by atoms with Crippen molar-refractivity contribution in [1.29, 1.82) is 0 Å². The summed E-state index contributed by atoms with van der Waals surface area (Å²) in [5, 5.41) is 7.51. The van der Waals surface area contributed by atoms with Crippen LogP contribution in [0.1, 0.15) is 31.2 Å². The second kappa shape index (κ2) is 5.83. The molecular weight excluding hydrogens is 276 g/mol. The molecule has 0 spiro atoms. The molecule has 2 rings (SSSR count). The van der Waals surface area contributed by atoms with Crippen LogP contribution in [0.5, 0.6) is 0 Å². The van der Waals surface area contributed by atoms with Crippen LogP contribution in [0.3, 0.4) is 0 Å². The van der Waals surface area contributed by atoms with Gasteiger partial charge in [-0.2, -0.15) is 9.40 Å². The Kier molecular flexibility index (Phi) is 4.51. The van der Waals surface area contributed by atoms with Crippen molar-refractivity contribution in [2.75, 3.05) is 19.6 Å². The van der Waals surface area contributed by atoms with Gasteiger partial charge in [-0.25, -0.2) is 8.42 Å². The number of rotatable bonds is 4. The minimum absolute atomic E-state index is 0.0882. The standard InChI is InChI=1S/C13H24N4O2S/c1-5-17(12-6-8-14-9-7-12)20(18,19)13-10(2)15-16(4)11(13)3/h12,14H,5-9H2,1-4H3. The normalized spacial score (nSPS) is 17.9. The van der Waals surface area contributed by atoms with E-state index in [1.807, 2.05) is 13.8 Å². The summed E-state index contributed by atoms with van der Waals surface area (Å²) in [7, 11) is -1.69. The first-order chi connectivity index (χ1) is 9.39. The Morgan fingerprint density at radius 1 is 1.35 bits per heavy atom. The van der Waals surface area contributed by atoms with Gasteiger partial charge in [-0.3, -0.25) is 4.68 Å². The van der Waals surface area contributed by atoms with Gasteiger partial charge in [-0.1, -0.05) is 6.92 Å². The Morgan fingerprint density at radius 3 is 2.40 bits per heavy atom. The molecule has 0 aliphatic carbocycles. The molecule has 1 N–H and O–H groups in total. The van der Waals surface area contributed by atoms with E-state index in [9.17, 15) is 8.42 Å². The van der Waals surface area contributed by atoms with Crippen LogP contribution in [0.25, 0.3) is 0 Å². The van der Waals surface area contributed by atoms with Crippen LogP contribution in [0.4, 0.5) is 0 Å². The Hall–Kier alpha value is -0.920. The first-order valence-corrected chi connectivity index (χ1v) is 8.56. The summed E-state index contributed by atoms with van der Waals surface area (Å²) in [5.74, 6) is 0. The largest absolute Gasteiger partial charge is 0.317 e. The highest BCUT2D eigenvalue weighted by molar-refractivity contribution is 7.89. The van der Waals surface area contributed by atoms with Crippen molar-refractivity contribution < 1.29 is 8.42 Å². The predicted octanol–water partition coefficient (Wildman–Crippen LogP) is 0.800. The van der Waals surface area contributed by atoms with Gasteiger partial charge < -0.3 is 5.32 Å². The molecule has 1 fully saturated rings. The van der Waals surface area contributed by atoms with Crippen molar-refractivity contribution in [1.82, 2.24) is 19.4 Å². The summed E-state index contributed by atoms with van der Waals surface area (Å²) in [4.78, 5) is 0.375. The number of hydrogen-bond acceptors (Lipinski definition) is 4. The molecular formula is C13H24N4O2S. The lowest BCUT2D eigenvalue weighted by Crippen LogP contribution is -2.46. The van der Waals surface area contributed by atoms with Gasteiger partial charge in [0, 0.05) is 19.6 Å². The quantitative estimate of drug-likeness (QED) is 0.893. The first kappa shape index (κ1) is 15.5. The number of aryl methyl sites for hydroxylation is 2. The zero-order valence-electron chi connectivity index (χ0n) is 12.7. The van der Waals surface area contributed by atoms with Crippen LogP contribution in [0.15, 0.2) is 4.90 Å². The van der Waals surface area contributed by atoms with E-state index in [2.05, 4.69) is 10.4 Å². The van der Waals surface area contributed by atoms with Crippen molar-refractivity contribution in [3.05, 3.63) is 11.4 Å². The Morgan fingerprint density at radius 2 is 1.95 bits per heavy atom. The molecule has 20 heavy (non-hydrogen) atoms. The van der Waals surface area contributed by atoms with Gasteiger partial charge in [0.2, 0.25) is 10.0 Å². The third-order valence-corrected chi connectivity index (χ3v) is 6.32. The maximum Gasteiger partial charge on any atom is 0.246 e. The number of sulfonamides is 1. The van der Waals surface area contributed by atoms with Crippen molar-refractivity contribution in [3.63, 3.8) is 0 Å². The lowest BCUT2D eigenvalue weighted by Gasteiger charge is -2.33. The third kappa shape index (κ3) is 2.62. The van der Waals surface area contributed by atoms with Crippen molar-refractivity contribution in [2.45, 2.75) is 44.6 Å². The van der Waals surface area contributed by atoms with E-state index < -0.39 is 10.0 Å². The molecule has 0 aromatic carbocycles. The van der Waals surface area contributed by atoms with Crippen LogP contribution in [-0.4, -0.2) is 48.2 Å². The summed E-state index contributed by atoms with van der Waals surface area (Å²) in [6.07, 6.45) is 1.73. The summed E-state index contributed by atoms with van der Waals surface area (Å²) in [6, 6.07) is 0.0882. The Balaban J connectivity index is 2.41. The number of piperidine rings is 1. The number of nitrogens with one attached hydrogen (secondary N) is 1. The molecule has 0 saturated carbocycles. The highest BCUT2D eigenvalue weighted by Crippen LogP contribution is 2.26. The Bertz CT molecular complexity index is 573. The van der Waals surface area contributed by atoms with Crippen molar-refractivity contribution >= 4 is 10.0 Å². The third-order valence-electron chi connectivity index (χ3n) is 4.04. The van der Waals surface area contributed by atoms with Crippen LogP contribution in [0.2, 0.25) is 0 Å². The van der Waals surface area contributed by atoms with Gasteiger partial charge in [0.15, 0.2) is 0 Å². The fourth-order valence-corrected chi connectivity index (χ4v) is 5.06. The second-order valence-corrected chi connectivity index (χ2v) is 7.14. The molecule has 2 heterocycles. The number of hydrogen-bond donors (Lipinski definition) is 1. The van der Waals surface area contributed by atoms with Crippen molar-refractivity contribution in [2.24, 2.45) is 7.05 Å². The average molecular weight is 300 g/mol. The van der Waals surface area contributed by atoms with Gasteiger partial charge >= 0.3 is 0 Å². The SMILES string of the molecule is CCN(C1CCNCC1)S(=O)(=O)c1c(C)nn(C)c1C. The monoisotopic (exact) mass is 300 g/mol. The van der Waals surface area contributed by atoms with Crippen molar-refractivity contribution in [3.8, 4) is 0 Å². The molecule has 0 atom stereocenters. The fourth-order valence-electron chi connectivity index (χ4n) is 2.96. The van der Waals surface area contributed by atoms with Gasteiger partial charge in [0.05, 0.1) is 11.4 Å². The van der Waals surface area contributed by atoms with E-state index in [0.29, 0.717) is 22.8 Å². The molecule has 1 aliphatic rings.